The summed E-state index contributed by atoms with van der Waals surface area (Å²) in [5, 5.41) is 11.8. The molecule has 1 aliphatic heterocycles. The third kappa shape index (κ3) is 4.71. The zero-order valence-electron chi connectivity index (χ0n) is 13.1. The third-order valence-electron chi connectivity index (χ3n) is 4.74. The number of aliphatic carboxylic acids is 1. The minimum absolute atomic E-state index is 0.0880. The molecule has 2 aliphatic rings. The Morgan fingerprint density at radius 3 is 2.36 bits per heavy atom. The molecule has 0 bridgehead atoms. The second kappa shape index (κ2) is 8.15. The van der Waals surface area contributed by atoms with E-state index in [0.717, 1.165) is 25.7 Å². The van der Waals surface area contributed by atoms with E-state index in [1.54, 1.807) is 0 Å². The van der Waals surface area contributed by atoms with Crippen molar-refractivity contribution in [1.29, 1.82) is 0 Å². The Morgan fingerprint density at radius 1 is 1.00 bits per heavy atom. The molecule has 1 unspecified atom stereocenters. The molecule has 22 heavy (non-hydrogen) atoms. The monoisotopic (exact) mass is 310 g/mol. The number of hydrogen-bond donors (Lipinski definition) is 2. The summed E-state index contributed by atoms with van der Waals surface area (Å²) in [6, 6.07) is -0.739. The van der Waals surface area contributed by atoms with Crippen LogP contribution in [0.15, 0.2) is 0 Å². The van der Waals surface area contributed by atoms with Crippen LogP contribution >= 0.6 is 0 Å². The highest BCUT2D eigenvalue weighted by Crippen LogP contribution is 2.26. The summed E-state index contributed by atoms with van der Waals surface area (Å²) in [5.41, 5.74) is 0. The van der Waals surface area contributed by atoms with Crippen molar-refractivity contribution in [1.82, 2.24) is 10.2 Å². The fourth-order valence-electron chi connectivity index (χ4n) is 3.49. The zero-order valence-corrected chi connectivity index (χ0v) is 13.1. The smallest absolute Gasteiger partial charge is 0.326 e. The summed E-state index contributed by atoms with van der Waals surface area (Å²) >= 11 is 0. The number of piperidine rings is 1. The Morgan fingerprint density at radius 2 is 1.68 bits per heavy atom. The van der Waals surface area contributed by atoms with Gasteiger partial charge in [-0.05, 0) is 38.0 Å². The maximum atomic E-state index is 12.2. The molecule has 2 rings (SSSR count). The van der Waals surface area contributed by atoms with Crippen molar-refractivity contribution >= 4 is 17.8 Å². The molecule has 0 aromatic heterocycles. The summed E-state index contributed by atoms with van der Waals surface area (Å²) in [4.78, 5) is 36.7. The second-order valence-electron chi connectivity index (χ2n) is 6.42. The van der Waals surface area contributed by atoms with Gasteiger partial charge in [0.1, 0.15) is 6.04 Å². The highest BCUT2D eigenvalue weighted by molar-refractivity contribution is 5.88. The minimum atomic E-state index is -0.957. The van der Waals surface area contributed by atoms with Crippen LogP contribution in [-0.4, -0.2) is 46.9 Å². The number of carboxylic acid groups (broad SMARTS) is 1. The highest BCUT2D eigenvalue weighted by Gasteiger charge is 2.31. The Hall–Kier alpha value is -1.59. The molecule has 6 heteroatoms. The molecule has 2 N–H and O–H groups in total. The summed E-state index contributed by atoms with van der Waals surface area (Å²) in [5.74, 6) is -0.902. The number of likely N-dealkylation sites (tertiary alicyclic amines) is 1. The lowest BCUT2D eigenvalue weighted by Crippen LogP contribution is -2.51. The molecule has 2 fully saturated rings. The molecular weight excluding hydrogens is 284 g/mol. The first-order chi connectivity index (χ1) is 10.6. The van der Waals surface area contributed by atoms with E-state index in [4.69, 9.17) is 0 Å². The van der Waals surface area contributed by atoms with Gasteiger partial charge in [-0.3, -0.25) is 9.59 Å². The number of amides is 2. The van der Waals surface area contributed by atoms with Crippen LogP contribution in [0, 0.1) is 5.92 Å². The number of rotatable bonds is 5. The normalized spacial score (nSPS) is 23.1. The molecule has 1 heterocycles. The third-order valence-corrected chi connectivity index (χ3v) is 4.74. The molecular formula is C16H26N2O4. The van der Waals surface area contributed by atoms with E-state index in [1.807, 2.05) is 0 Å². The second-order valence-corrected chi connectivity index (χ2v) is 6.42. The van der Waals surface area contributed by atoms with Crippen LogP contribution in [0.25, 0.3) is 0 Å². The lowest BCUT2D eigenvalue weighted by molar-refractivity contribution is -0.151. The number of carboxylic acids is 1. The summed E-state index contributed by atoms with van der Waals surface area (Å²) in [6.07, 6.45) is 8.44. The molecule has 1 atom stereocenters. The minimum Gasteiger partial charge on any atom is -0.480 e. The SMILES string of the molecule is O=C(CC1CCCCC1)NCC(=O)N1CCCCC1C(=O)O. The number of carbonyl (C=O) groups excluding carboxylic acids is 2. The maximum absolute atomic E-state index is 12.2. The summed E-state index contributed by atoms with van der Waals surface area (Å²) in [7, 11) is 0. The number of nitrogens with one attached hydrogen (secondary N) is 1. The first kappa shape index (κ1) is 16.8. The van der Waals surface area contributed by atoms with Gasteiger partial charge in [-0.2, -0.15) is 0 Å². The predicted octanol–water partition coefficient (Wildman–Crippen LogP) is 1.54. The van der Waals surface area contributed by atoms with Crippen molar-refractivity contribution in [3.63, 3.8) is 0 Å². The van der Waals surface area contributed by atoms with Gasteiger partial charge in [-0.15, -0.1) is 0 Å². The van der Waals surface area contributed by atoms with Crippen molar-refractivity contribution in [3.05, 3.63) is 0 Å². The van der Waals surface area contributed by atoms with Crippen LogP contribution in [0.1, 0.15) is 57.8 Å². The van der Waals surface area contributed by atoms with Crippen molar-refractivity contribution in [2.45, 2.75) is 63.8 Å². The summed E-state index contributed by atoms with van der Waals surface area (Å²) < 4.78 is 0. The number of carbonyl (C=O) groups is 3. The molecule has 0 aromatic carbocycles. The molecule has 6 nitrogen and oxygen atoms in total. The van der Waals surface area contributed by atoms with Crippen molar-refractivity contribution in [3.8, 4) is 0 Å². The summed E-state index contributed by atoms with van der Waals surface area (Å²) in [6.45, 7) is 0.379. The Bertz CT molecular complexity index is 418. The molecule has 2 amide bonds. The van der Waals surface area contributed by atoms with Gasteiger partial charge in [0.25, 0.3) is 0 Å². The molecule has 1 aliphatic carbocycles. The molecule has 124 valence electrons. The van der Waals surface area contributed by atoms with Crippen molar-refractivity contribution in [2.75, 3.05) is 13.1 Å². The molecule has 0 aromatic rings. The molecule has 0 spiro atoms. The first-order valence-corrected chi connectivity index (χ1v) is 8.37. The van der Waals surface area contributed by atoms with Gasteiger partial charge in [-0.1, -0.05) is 19.3 Å². The van der Waals surface area contributed by atoms with E-state index in [9.17, 15) is 19.5 Å². The Kier molecular flexibility index (Phi) is 6.21. The van der Waals surface area contributed by atoms with Crippen LogP contribution in [0.2, 0.25) is 0 Å². The molecule has 1 saturated carbocycles. The van der Waals surface area contributed by atoms with Gasteiger partial charge in [0, 0.05) is 13.0 Å². The van der Waals surface area contributed by atoms with E-state index < -0.39 is 12.0 Å². The predicted molar refractivity (Wildman–Crippen MR) is 81.2 cm³/mol. The van der Waals surface area contributed by atoms with E-state index >= 15 is 0 Å². The van der Waals surface area contributed by atoms with E-state index in [1.165, 1.54) is 24.2 Å². The van der Waals surface area contributed by atoms with Crippen LogP contribution in [0.4, 0.5) is 0 Å². The van der Waals surface area contributed by atoms with Crippen LogP contribution in [0.5, 0.6) is 0 Å². The Balaban J connectivity index is 1.75. The van der Waals surface area contributed by atoms with Gasteiger partial charge in [0.2, 0.25) is 11.8 Å². The fourth-order valence-corrected chi connectivity index (χ4v) is 3.49. The van der Waals surface area contributed by atoms with E-state index in [0.29, 0.717) is 25.3 Å². The lowest BCUT2D eigenvalue weighted by atomic mass is 9.87. The average molecular weight is 310 g/mol. The van der Waals surface area contributed by atoms with Gasteiger partial charge in [-0.25, -0.2) is 4.79 Å². The average Bonchev–Trinajstić information content (AvgIpc) is 2.53. The van der Waals surface area contributed by atoms with Crippen molar-refractivity contribution in [2.24, 2.45) is 5.92 Å². The molecule has 0 radical (unpaired) electrons. The topological polar surface area (TPSA) is 86.7 Å². The van der Waals surface area contributed by atoms with E-state index in [-0.39, 0.29) is 18.4 Å². The maximum Gasteiger partial charge on any atom is 0.326 e. The largest absolute Gasteiger partial charge is 0.480 e. The van der Waals surface area contributed by atoms with Gasteiger partial charge >= 0.3 is 5.97 Å². The highest BCUT2D eigenvalue weighted by atomic mass is 16.4. The fraction of sp³-hybridized carbons (Fsp3) is 0.812. The van der Waals surface area contributed by atoms with Gasteiger partial charge in [0.05, 0.1) is 6.54 Å². The lowest BCUT2D eigenvalue weighted by Gasteiger charge is -2.33. The Labute approximate surface area is 131 Å². The quantitative estimate of drug-likeness (QED) is 0.806. The van der Waals surface area contributed by atoms with Gasteiger partial charge in [0.15, 0.2) is 0 Å². The first-order valence-electron chi connectivity index (χ1n) is 8.37. The number of nitrogens with zero attached hydrogens (tertiary/aromatic N) is 1. The zero-order chi connectivity index (χ0) is 15.9. The molecule has 1 saturated heterocycles. The van der Waals surface area contributed by atoms with Crippen molar-refractivity contribution < 1.29 is 19.5 Å². The standard InChI is InChI=1S/C16H26N2O4/c19-14(10-12-6-2-1-3-7-12)17-11-15(20)18-9-5-4-8-13(18)16(21)22/h12-13H,1-11H2,(H,17,19)(H,21,22). The van der Waals surface area contributed by atoms with Crippen LogP contribution < -0.4 is 5.32 Å². The van der Waals surface area contributed by atoms with Gasteiger partial charge < -0.3 is 15.3 Å². The van der Waals surface area contributed by atoms with Crippen LogP contribution in [-0.2, 0) is 14.4 Å². The van der Waals surface area contributed by atoms with E-state index in [2.05, 4.69) is 5.32 Å². The van der Waals surface area contributed by atoms with Crippen LogP contribution in [0.3, 0.4) is 0 Å². The number of hydrogen-bond acceptors (Lipinski definition) is 3.